The van der Waals surface area contributed by atoms with Gasteiger partial charge in [-0.05, 0) is 18.1 Å². The van der Waals surface area contributed by atoms with Crippen LogP contribution in [0.2, 0.25) is 0 Å². The Morgan fingerprint density at radius 3 is 2.83 bits per heavy atom. The van der Waals surface area contributed by atoms with Gasteiger partial charge in [0.1, 0.15) is 5.69 Å². The predicted octanol–water partition coefficient (Wildman–Crippen LogP) is 1.06. The molecule has 23 heavy (non-hydrogen) atoms. The summed E-state index contributed by atoms with van der Waals surface area (Å²) in [5.74, 6) is 0.0906. The van der Waals surface area contributed by atoms with Gasteiger partial charge in [-0.25, -0.2) is 4.68 Å². The van der Waals surface area contributed by atoms with Gasteiger partial charge in [-0.1, -0.05) is 30.3 Å². The van der Waals surface area contributed by atoms with E-state index in [-0.39, 0.29) is 17.2 Å². The first kappa shape index (κ1) is 15.4. The molecule has 1 aliphatic heterocycles. The minimum Gasteiger partial charge on any atom is -0.381 e. The van der Waals surface area contributed by atoms with Crippen molar-refractivity contribution in [3.63, 3.8) is 0 Å². The summed E-state index contributed by atoms with van der Waals surface area (Å²) in [5, 5.41) is 7.03. The molecular formula is C17H19N3O3. The highest BCUT2D eigenvalue weighted by atomic mass is 16.5. The molecule has 0 aliphatic carbocycles. The standard InChI is InChI=1S/C17H19N3O3/c21-16-7-6-15(17(22)18-10-14-8-9-23-12-14)19-20(16)11-13-4-2-1-3-5-13/h1-7,14H,8-12H2,(H,18,22)/t14-/m0/s1. The molecule has 1 aromatic heterocycles. The Balaban J connectivity index is 1.69. The van der Waals surface area contributed by atoms with Crippen LogP contribution in [0.1, 0.15) is 22.5 Å². The molecule has 1 N–H and O–H groups in total. The molecule has 1 fully saturated rings. The van der Waals surface area contributed by atoms with Gasteiger partial charge in [0.25, 0.3) is 11.5 Å². The topological polar surface area (TPSA) is 73.2 Å². The molecule has 6 nitrogen and oxygen atoms in total. The Hall–Kier alpha value is -2.47. The number of amides is 1. The minimum absolute atomic E-state index is 0.227. The average Bonchev–Trinajstić information content (AvgIpc) is 3.09. The third kappa shape index (κ3) is 4.04. The second-order valence-electron chi connectivity index (χ2n) is 5.64. The normalized spacial score (nSPS) is 17.1. The second-order valence-corrected chi connectivity index (χ2v) is 5.64. The van der Waals surface area contributed by atoms with Crippen molar-refractivity contribution in [2.75, 3.05) is 19.8 Å². The van der Waals surface area contributed by atoms with Crippen LogP contribution in [-0.4, -0.2) is 35.4 Å². The van der Waals surface area contributed by atoms with E-state index >= 15 is 0 Å². The van der Waals surface area contributed by atoms with Crippen LogP contribution < -0.4 is 10.9 Å². The fourth-order valence-electron chi connectivity index (χ4n) is 2.51. The van der Waals surface area contributed by atoms with Gasteiger partial charge in [0, 0.05) is 25.1 Å². The van der Waals surface area contributed by atoms with Crippen molar-refractivity contribution in [2.45, 2.75) is 13.0 Å². The molecule has 0 spiro atoms. The Bertz CT molecular complexity index is 721. The Labute approximate surface area is 134 Å². The van der Waals surface area contributed by atoms with Crippen molar-refractivity contribution < 1.29 is 9.53 Å². The predicted molar refractivity (Wildman–Crippen MR) is 85.3 cm³/mol. The maximum atomic E-state index is 12.2. The summed E-state index contributed by atoms with van der Waals surface area (Å²) in [6.07, 6.45) is 0.960. The molecule has 1 aliphatic rings. The van der Waals surface area contributed by atoms with E-state index in [2.05, 4.69) is 10.4 Å². The summed E-state index contributed by atoms with van der Waals surface area (Å²) < 4.78 is 6.59. The molecule has 2 aromatic rings. The van der Waals surface area contributed by atoms with Gasteiger partial charge in [0.05, 0.1) is 13.2 Å². The van der Waals surface area contributed by atoms with E-state index < -0.39 is 0 Å². The van der Waals surface area contributed by atoms with Crippen LogP contribution in [0, 0.1) is 5.92 Å². The lowest BCUT2D eigenvalue weighted by molar-refractivity contribution is 0.0937. The number of aromatic nitrogens is 2. The van der Waals surface area contributed by atoms with Crippen LogP contribution in [0.15, 0.2) is 47.3 Å². The second kappa shape index (κ2) is 7.19. The molecule has 1 atom stereocenters. The molecule has 1 saturated heterocycles. The third-order valence-electron chi connectivity index (χ3n) is 3.85. The van der Waals surface area contributed by atoms with E-state index in [0.29, 0.717) is 25.6 Å². The van der Waals surface area contributed by atoms with Crippen LogP contribution in [-0.2, 0) is 11.3 Å². The van der Waals surface area contributed by atoms with Crippen LogP contribution in [0.4, 0.5) is 0 Å². The highest BCUT2D eigenvalue weighted by molar-refractivity contribution is 5.91. The molecule has 0 unspecified atom stereocenters. The summed E-state index contributed by atoms with van der Waals surface area (Å²) in [6, 6.07) is 12.4. The van der Waals surface area contributed by atoms with Crippen molar-refractivity contribution in [2.24, 2.45) is 5.92 Å². The lowest BCUT2D eigenvalue weighted by Gasteiger charge is -2.10. The Morgan fingerprint density at radius 1 is 1.26 bits per heavy atom. The van der Waals surface area contributed by atoms with Gasteiger partial charge in [-0.3, -0.25) is 9.59 Å². The number of hydrogen-bond donors (Lipinski definition) is 1. The van der Waals surface area contributed by atoms with E-state index in [1.165, 1.54) is 16.8 Å². The molecule has 1 aromatic carbocycles. The maximum Gasteiger partial charge on any atom is 0.271 e. The zero-order valence-corrected chi connectivity index (χ0v) is 12.8. The summed E-state index contributed by atoms with van der Waals surface area (Å²) >= 11 is 0. The Morgan fingerprint density at radius 2 is 2.09 bits per heavy atom. The number of carbonyl (C=O) groups excluding carboxylic acids is 1. The molecule has 2 heterocycles. The fourth-order valence-corrected chi connectivity index (χ4v) is 2.51. The van der Waals surface area contributed by atoms with Gasteiger partial charge in [-0.15, -0.1) is 0 Å². The van der Waals surface area contributed by atoms with E-state index in [1.54, 1.807) is 0 Å². The molecule has 0 bridgehead atoms. The summed E-state index contributed by atoms with van der Waals surface area (Å²) in [6.45, 7) is 2.34. The molecule has 0 radical (unpaired) electrons. The first-order valence-electron chi connectivity index (χ1n) is 7.70. The quantitative estimate of drug-likeness (QED) is 0.896. The summed E-state index contributed by atoms with van der Waals surface area (Å²) in [7, 11) is 0. The van der Waals surface area contributed by atoms with Gasteiger partial charge in [-0.2, -0.15) is 5.10 Å². The van der Waals surface area contributed by atoms with Gasteiger partial charge >= 0.3 is 0 Å². The lowest BCUT2D eigenvalue weighted by Crippen LogP contribution is -2.32. The van der Waals surface area contributed by atoms with Crippen LogP contribution in [0.5, 0.6) is 0 Å². The van der Waals surface area contributed by atoms with Gasteiger partial charge < -0.3 is 10.1 Å². The number of nitrogens with one attached hydrogen (secondary N) is 1. The molecular weight excluding hydrogens is 294 g/mol. The zero-order chi connectivity index (χ0) is 16.1. The number of hydrogen-bond acceptors (Lipinski definition) is 4. The van der Waals surface area contributed by atoms with Crippen LogP contribution in [0.25, 0.3) is 0 Å². The first-order valence-corrected chi connectivity index (χ1v) is 7.70. The lowest BCUT2D eigenvalue weighted by atomic mass is 10.1. The number of carbonyl (C=O) groups is 1. The largest absolute Gasteiger partial charge is 0.381 e. The van der Waals surface area contributed by atoms with Crippen molar-refractivity contribution in [3.05, 3.63) is 64.1 Å². The van der Waals surface area contributed by atoms with Gasteiger partial charge in [0.15, 0.2) is 0 Å². The first-order chi connectivity index (χ1) is 11.2. The maximum absolute atomic E-state index is 12.2. The van der Waals surface area contributed by atoms with Crippen molar-refractivity contribution in [3.8, 4) is 0 Å². The average molecular weight is 313 g/mol. The van der Waals surface area contributed by atoms with Crippen LogP contribution in [0.3, 0.4) is 0 Å². The van der Waals surface area contributed by atoms with Gasteiger partial charge in [0.2, 0.25) is 0 Å². The number of benzene rings is 1. The SMILES string of the molecule is O=C(NC[C@@H]1CCOC1)c1ccc(=O)n(Cc2ccccc2)n1. The van der Waals surface area contributed by atoms with Crippen molar-refractivity contribution >= 4 is 5.91 Å². The highest BCUT2D eigenvalue weighted by Crippen LogP contribution is 2.10. The van der Waals surface area contributed by atoms with Crippen molar-refractivity contribution in [1.29, 1.82) is 0 Å². The van der Waals surface area contributed by atoms with E-state index in [1.807, 2.05) is 30.3 Å². The smallest absolute Gasteiger partial charge is 0.271 e. The summed E-state index contributed by atoms with van der Waals surface area (Å²) in [4.78, 5) is 24.1. The number of ether oxygens (including phenoxy) is 1. The van der Waals surface area contributed by atoms with Crippen LogP contribution >= 0.6 is 0 Å². The molecule has 3 rings (SSSR count). The number of rotatable bonds is 5. The molecule has 120 valence electrons. The molecule has 1 amide bonds. The minimum atomic E-state index is -0.265. The van der Waals surface area contributed by atoms with E-state index in [4.69, 9.17) is 4.74 Å². The van der Waals surface area contributed by atoms with Crippen molar-refractivity contribution in [1.82, 2.24) is 15.1 Å². The number of nitrogens with zero attached hydrogens (tertiary/aromatic N) is 2. The fraction of sp³-hybridized carbons (Fsp3) is 0.353. The zero-order valence-electron chi connectivity index (χ0n) is 12.8. The Kier molecular flexibility index (Phi) is 4.83. The molecule has 0 saturated carbocycles. The third-order valence-corrected chi connectivity index (χ3v) is 3.85. The summed E-state index contributed by atoms with van der Waals surface area (Å²) in [5.41, 5.74) is 0.983. The highest BCUT2D eigenvalue weighted by Gasteiger charge is 2.17. The monoisotopic (exact) mass is 313 g/mol. The van der Waals surface area contributed by atoms with E-state index in [0.717, 1.165) is 18.6 Å². The molecule has 6 heteroatoms. The van der Waals surface area contributed by atoms with E-state index in [9.17, 15) is 9.59 Å².